The minimum Gasteiger partial charge on any atom is -0.497 e. The van der Waals surface area contributed by atoms with Crippen LogP contribution in [0.5, 0.6) is 5.75 Å². The molecule has 4 heteroatoms. The standard InChI is InChI=1S/C11H13BrO3/c1-14-9-5-3-8(4-6-9)10(12)7-11(13)15-2/h3-6,10H,7H2,1-2H3. The summed E-state index contributed by atoms with van der Waals surface area (Å²) in [5.74, 6) is 0.573. The molecule has 0 fully saturated rings. The fraction of sp³-hybridized carbons (Fsp3) is 0.364. The summed E-state index contributed by atoms with van der Waals surface area (Å²) in [4.78, 5) is 11.0. The number of halogens is 1. The number of hydrogen-bond acceptors (Lipinski definition) is 3. The molecule has 82 valence electrons. The third kappa shape index (κ3) is 3.55. The summed E-state index contributed by atoms with van der Waals surface area (Å²) >= 11 is 3.43. The zero-order chi connectivity index (χ0) is 11.3. The van der Waals surface area contributed by atoms with Crippen LogP contribution in [0, 0.1) is 0 Å². The van der Waals surface area contributed by atoms with Crippen molar-refractivity contribution in [1.82, 2.24) is 0 Å². The van der Waals surface area contributed by atoms with Crippen molar-refractivity contribution in [2.24, 2.45) is 0 Å². The molecular weight excluding hydrogens is 260 g/mol. The first-order valence-corrected chi connectivity index (χ1v) is 5.43. The highest BCUT2D eigenvalue weighted by Gasteiger charge is 2.12. The summed E-state index contributed by atoms with van der Waals surface area (Å²) in [7, 11) is 3.01. The number of alkyl halides is 1. The fourth-order valence-corrected chi connectivity index (χ4v) is 1.73. The van der Waals surface area contributed by atoms with Gasteiger partial charge in [0.1, 0.15) is 5.75 Å². The third-order valence-electron chi connectivity index (χ3n) is 2.05. The Labute approximate surface area is 97.5 Å². The first kappa shape index (κ1) is 12.0. The van der Waals surface area contributed by atoms with Crippen LogP contribution in [0.15, 0.2) is 24.3 Å². The zero-order valence-corrected chi connectivity index (χ0v) is 10.3. The quantitative estimate of drug-likeness (QED) is 0.625. The molecule has 1 unspecified atom stereocenters. The van der Waals surface area contributed by atoms with Gasteiger partial charge in [-0.15, -0.1) is 0 Å². The lowest BCUT2D eigenvalue weighted by molar-refractivity contribution is -0.140. The van der Waals surface area contributed by atoms with E-state index in [0.717, 1.165) is 11.3 Å². The highest BCUT2D eigenvalue weighted by molar-refractivity contribution is 9.09. The number of esters is 1. The summed E-state index contributed by atoms with van der Waals surface area (Å²) in [6.45, 7) is 0. The molecule has 3 nitrogen and oxygen atoms in total. The average Bonchev–Trinajstić information content (AvgIpc) is 2.29. The SMILES string of the molecule is COC(=O)CC(Br)c1ccc(OC)cc1. The van der Waals surface area contributed by atoms with Crippen LogP contribution < -0.4 is 4.74 Å². The first-order chi connectivity index (χ1) is 7.17. The normalized spacial score (nSPS) is 11.9. The Morgan fingerprint density at radius 2 is 1.93 bits per heavy atom. The largest absolute Gasteiger partial charge is 0.497 e. The monoisotopic (exact) mass is 272 g/mol. The Morgan fingerprint density at radius 1 is 1.33 bits per heavy atom. The summed E-state index contributed by atoms with van der Waals surface area (Å²) in [5.41, 5.74) is 1.03. The lowest BCUT2D eigenvalue weighted by atomic mass is 10.1. The van der Waals surface area contributed by atoms with Gasteiger partial charge in [-0.3, -0.25) is 4.79 Å². The van der Waals surface area contributed by atoms with Crippen LogP contribution in [0.3, 0.4) is 0 Å². The van der Waals surface area contributed by atoms with Gasteiger partial charge in [-0.05, 0) is 17.7 Å². The second-order valence-electron chi connectivity index (χ2n) is 3.02. The van der Waals surface area contributed by atoms with Crippen LogP contribution in [-0.2, 0) is 9.53 Å². The molecule has 1 aromatic rings. The Hall–Kier alpha value is -1.03. The van der Waals surface area contributed by atoms with Crippen LogP contribution >= 0.6 is 15.9 Å². The van der Waals surface area contributed by atoms with Crippen LogP contribution in [0.2, 0.25) is 0 Å². The summed E-state index contributed by atoms with van der Waals surface area (Å²) in [5, 5.41) is 0. The van der Waals surface area contributed by atoms with Gasteiger partial charge in [-0.1, -0.05) is 28.1 Å². The van der Waals surface area contributed by atoms with Gasteiger partial charge in [0.25, 0.3) is 0 Å². The van der Waals surface area contributed by atoms with Crippen LogP contribution in [0.4, 0.5) is 0 Å². The summed E-state index contributed by atoms with van der Waals surface area (Å²) in [6, 6.07) is 7.56. The van der Waals surface area contributed by atoms with E-state index in [1.807, 2.05) is 24.3 Å². The summed E-state index contributed by atoms with van der Waals surface area (Å²) < 4.78 is 9.64. The molecule has 15 heavy (non-hydrogen) atoms. The lowest BCUT2D eigenvalue weighted by Crippen LogP contribution is -2.04. The van der Waals surface area contributed by atoms with Crippen molar-refractivity contribution in [3.63, 3.8) is 0 Å². The molecule has 1 aromatic carbocycles. The van der Waals surface area contributed by atoms with E-state index in [-0.39, 0.29) is 10.8 Å². The molecule has 1 atom stereocenters. The Balaban J connectivity index is 2.65. The number of benzene rings is 1. The van der Waals surface area contributed by atoms with Gasteiger partial charge in [-0.2, -0.15) is 0 Å². The van der Waals surface area contributed by atoms with Crippen molar-refractivity contribution in [2.45, 2.75) is 11.2 Å². The molecule has 0 aliphatic heterocycles. The second-order valence-corrected chi connectivity index (χ2v) is 4.13. The van der Waals surface area contributed by atoms with Gasteiger partial charge >= 0.3 is 5.97 Å². The predicted molar refractivity (Wildman–Crippen MR) is 61.3 cm³/mol. The van der Waals surface area contributed by atoms with Crippen LogP contribution in [0.1, 0.15) is 16.8 Å². The van der Waals surface area contributed by atoms with Gasteiger partial charge in [0.2, 0.25) is 0 Å². The van der Waals surface area contributed by atoms with Crippen molar-refractivity contribution < 1.29 is 14.3 Å². The molecule has 0 N–H and O–H groups in total. The number of hydrogen-bond donors (Lipinski definition) is 0. The predicted octanol–water partition coefficient (Wildman–Crippen LogP) is 2.69. The van der Waals surface area contributed by atoms with Crippen molar-refractivity contribution in [1.29, 1.82) is 0 Å². The van der Waals surface area contributed by atoms with E-state index >= 15 is 0 Å². The number of rotatable bonds is 4. The molecule has 0 aliphatic carbocycles. The smallest absolute Gasteiger partial charge is 0.306 e. The van der Waals surface area contributed by atoms with Gasteiger partial charge in [0.15, 0.2) is 0 Å². The maximum atomic E-state index is 11.0. The Kier molecular flexibility index (Phi) is 4.62. The lowest BCUT2D eigenvalue weighted by Gasteiger charge is -2.09. The maximum Gasteiger partial charge on any atom is 0.306 e. The molecule has 0 bridgehead atoms. The van der Waals surface area contributed by atoms with Crippen molar-refractivity contribution in [3.05, 3.63) is 29.8 Å². The number of ether oxygens (including phenoxy) is 2. The fourth-order valence-electron chi connectivity index (χ4n) is 1.16. The van der Waals surface area contributed by atoms with Crippen LogP contribution in [0.25, 0.3) is 0 Å². The molecule has 0 heterocycles. The van der Waals surface area contributed by atoms with Crippen molar-refractivity contribution >= 4 is 21.9 Å². The average molecular weight is 273 g/mol. The second kappa shape index (κ2) is 5.75. The molecule has 0 saturated carbocycles. The number of carbonyl (C=O) groups is 1. The van der Waals surface area contributed by atoms with E-state index in [2.05, 4.69) is 20.7 Å². The minimum atomic E-state index is -0.229. The molecule has 0 amide bonds. The molecule has 0 radical (unpaired) electrons. The first-order valence-electron chi connectivity index (χ1n) is 4.52. The maximum absolute atomic E-state index is 11.0. The highest BCUT2D eigenvalue weighted by Crippen LogP contribution is 2.27. The van der Waals surface area contributed by atoms with Gasteiger partial charge in [0, 0.05) is 4.83 Å². The van der Waals surface area contributed by atoms with E-state index < -0.39 is 0 Å². The van der Waals surface area contributed by atoms with E-state index in [0.29, 0.717) is 6.42 Å². The molecular formula is C11H13BrO3. The van der Waals surface area contributed by atoms with Crippen molar-refractivity contribution in [3.8, 4) is 5.75 Å². The molecule has 0 saturated heterocycles. The molecule has 0 aromatic heterocycles. The Bertz CT molecular complexity index is 321. The van der Waals surface area contributed by atoms with E-state index in [1.54, 1.807) is 7.11 Å². The number of methoxy groups -OCH3 is 2. The molecule has 0 spiro atoms. The molecule has 0 aliphatic rings. The van der Waals surface area contributed by atoms with E-state index in [1.165, 1.54) is 7.11 Å². The summed E-state index contributed by atoms with van der Waals surface area (Å²) in [6.07, 6.45) is 0.322. The number of carbonyl (C=O) groups excluding carboxylic acids is 1. The molecule has 1 rings (SSSR count). The zero-order valence-electron chi connectivity index (χ0n) is 8.70. The third-order valence-corrected chi connectivity index (χ3v) is 2.90. The van der Waals surface area contributed by atoms with Crippen LogP contribution in [-0.4, -0.2) is 20.2 Å². The van der Waals surface area contributed by atoms with Gasteiger partial charge in [-0.25, -0.2) is 0 Å². The topological polar surface area (TPSA) is 35.5 Å². The van der Waals surface area contributed by atoms with E-state index in [4.69, 9.17) is 4.74 Å². The minimum absolute atomic E-state index is 0.0177. The van der Waals surface area contributed by atoms with Gasteiger partial charge < -0.3 is 9.47 Å². The van der Waals surface area contributed by atoms with Crippen molar-refractivity contribution in [2.75, 3.05) is 14.2 Å². The highest BCUT2D eigenvalue weighted by atomic mass is 79.9. The van der Waals surface area contributed by atoms with Gasteiger partial charge in [0.05, 0.1) is 20.6 Å². The van der Waals surface area contributed by atoms with E-state index in [9.17, 15) is 4.79 Å². The Morgan fingerprint density at radius 3 is 2.40 bits per heavy atom.